The Morgan fingerprint density at radius 2 is 1.91 bits per heavy atom. The molecule has 1 aromatic heterocycles. The number of nitrogens with one attached hydrogen (secondary N) is 1. The number of non-ortho nitro benzene ring substituents is 1. The largest absolute Gasteiger partial charge is 0.489 e. The smallest absolute Gasteiger partial charge is 0.269 e. The summed E-state index contributed by atoms with van der Waals surface area (Å²) in [6, 6.07) is 14.4. The summed E-state index contributed by atoms with van der Waals surface area (Å²) in [4.78, 5) is 26.2. The van der Waals surface area contributed by atoms with Gasteiger partial charge in [0, 0.05) is 29.9 Å². The van der Waals surface area contributed by atoms with Crippen LogP contribution in [0.1, 0.15) is 11.1 Å². The summed E-state index contributed by atoms with van der Waals surface area (Å²) < 4.78 is 32.1. The molecule has 168 valence electrons. The number of carbonyl (C=O) groups is 1. The van der Waals surface area contributed by atoms with Crippen LogP contribution in [0.25, 0.3) is 6.08 Å². The highest BCUT2D eigenvalue weighted by Crippen LogP contribution is 2.19. The molecule has 0 saturated heterocycles. The van der Waals surface area contributed by atoms with Crippen molar-refractivity contribution in [3.8, 4) is 11.8 Å². The number of aromatic nitrogens is 2. The first-order chi connectivity index (χ1) is 15.7. The number of hydrogen-bond acceptors (Lipinski definition) is 10. The number of hydrogen-bond donors (Lipinski definition) is 1. The predicted octanol–water partition coefficient (Wildman–Crippen LogP) is 2.97. The van der Waals surface area contributed by atoms with E-state index in [0.717, 1.165) is 11.8 Å². The normalized spacial score (nSPS) is 11.5. The van der Waals surface area contributed by atoms with Crippen molar-refractivity contribution in [1.82, 2.24) is 9.36 Å². The van der Waals surface area contributed by atoms with E-state index in [2.05, 4.69) is 14.7 Å². The number of nitriles is 1. The number of sulfone groups is 1. The van der Waals surface area contributed by atoms with Crippen molar-refractivity contribution in [2.24, 2.45) is 0 Å². The van der Waals surface area contributed by atoms with Gasteiger partial charge in [0.2, 0.25) is 15.0 Å². The van der Waals surface area contributed by atoms with Gasteiger partial charge in [0.15, 0.2) is 0 Å². The summed E-state index contributed by atoms with van der Waals surface area (Å²) in [5, 5.41) is 21.9. The SMILES string of the molecule is CS(=O)(=O)c1nsc(NC(=O)C(C#N)=Cc2ccc(OCc3ccc([N+](=O)[O-])cc3)cc2)n1. The molecule has 33 heavy (non-hydrogen) atoms. The van der Waals surface area contributed by atoms with Crippen molar-refractivity contribution in [2.45, 2.75) is 11.8 Å². The van der Waals surface area contributed by atoms with E-state index in [9.17, 15) is 28.6 Å². The lowest BCUT2D eigenvalue weighted by atomic mass is 10.1. The number of carbonyl (C=O) groups excluding carboxylic acids is 1. The fourth-order valence-corrected chi connectivity index (χ4v) is 3.87. The van der Waals surface area contributed by atoms with E-state index >= 15 is 0 Å². The molecule has 0 aliphatic rings. The quantitative estimate of drug-likeness (QED) is 0.218. The van der Waals surface area contributed by atoms with Gasteiger partial charge >= 0.3 is 0 Å². The third kappa shape index (κ3) is 6.42. The zero-order valence-electron chi connectivity index (χ0n) is 17.0. The summed E-state index contributed by atoms with van der Waals surface area (Å²) >= 11 is 0.688. The second kappa shape index (κ2) is 9.98. The van der Waals surface area contributed by atoms with Crippen LogP contribution >= 0.6 is 11.5 Å². The average Bonchev–Trinajstić information content (AvgIpc) is 3.26. The lowest BCUT2D eigenvalue weighted by Gasteiger charge is -2.06. The number of anilines is 1. The van der Waals surface area contributed by atoms with Crippen LogP contribution in [0.15, 0.2) is 59.3 Å². The Morgan fingerprint density at radius 3 is 2.45 bits per heavy atom. The van der Waals surface area contributed by atoms with Crippen LogP contribution < -0.4 is 10.1 Å². The number of amides is 1. The number of ether oxygens (including phenoxy) is 1. The minimum Gasteiger partial charge on any atom is -0.489 e. The predicted molar refractivity (Wildman–Crippen MR) is 119 cm³/mol. The molecule has 0 bridgehead atoms. The van der Waals surface area contributed by atoms with E-state index in [1.165, 1.54) is 18.2 Å². The number of nitro groups is 1. The monoisotopic (exact) mass is 485 g/mol. The van der Waals surface area contributed by atoms with Gasteiger partial charge in [0.1, 0.15) is 24.0 Å². The molecule has 0 radical (unpaired) electrons. The van der Waals surface area contributed by atoms with Gasteiger partial charge in [0.05, 0.1) is 4.92 Å². The Bertz CT molecular complexity index is 1360. The van der Waals surface area contributed by atoms with Crippen LogP contribution in [0.4, 0.5) is 10.8 Å². The molecular weight excluding hydrogens is 470 g/mol. The lowest BCUT2D eigenvalue weighted by Crippen LogP contribution is -2.13. The molecule has 0 aliphatic carbocycles. The zero-order chi connectivity index (χ0) is 24.0. The Morgan fingerprint density at radius 1 is 1.24 bits per heavy atom. The maximum Gasteiger partial charge on any atom is 0.269 e. The molecule has 0 spiro atoms. The molecule has 0 saturated carbocycles. The van der Waals surface area contributed by atoms with E-state index in [-0.39, 0.29) is 23.0 Å². The first-order valence-electron chi connectivity index (χ1n) is 9.09. The molecule has 13 heteroatoms. The molecule has 1 amide bonds. The Labute approximate surface area is 192 Å². The fourth-order valence-electron chi connectivity index (χ4n) is 2.43. The highest BCUT2D eigenvalue weighted by Gasteiger charge is 2.17. The third-order valence-electron chi connectivity index (χ3n) is 4.07. The average molecular weight is 486 g/mol. The van der Waals surface area contributed by atoms with Crippen LogP contribution in [0, 0.1) is 21.4 Å². The van der Waals surface area contributed by atoms with E-state index in [4.69, 9.17) is 4.74 Å². The van der Waals surface area contributed by atoms with Crippen LogP contribution in [-0.4, -0.2) is 34.9 Å². The van der Waals surface area contributed by atoms with E-state index < -0.39 is 25.8 Å². The molecule has 3 rings (SSSR count). The van der Waals surface area contributed by atoms with E-state index in [1.54, 1.807) is 42.5 Å². The van der Waals surface area contributed by atoms with Gasteiger partial charge in [-0.25, -0.2) is 8.42 Å². The minimum atomic E-state index is -3.61. The van der Waals surface area contributed by atoms with Crippen LogP contribution in [0.5, 0.6) is 5.75 Å². The van der Waals surface area contributed by atoms with Crippen molar-refractivity contribution < 1.29 is 22.9 Å². The fraction of sp³-hybridized carbons (Fsp3) is 0.100. The van der Waals surface area contributed by atoms with Gasteiger partial charge in [-0.2, -0.15) is 14.6 Å². The highest BCUT2D eigenvalue weighted by molar-refractivity contribution is 7.90. The molecule has 2 aromatic carbocycles. The van der Waals surface area contributed by atoms with Crippen molar-refractivity contribution in [3.05, 3.63) is 75.3 Å². The maximum absolute atomic E-state index is 12.3. The molecule has 3 aromatic rings. The Hall–Kier alpha value is -4.15. The van der Waals surface area contributed by atoms with E-state index in [0.29, 0.717) is 22.8 Å². The molecule has 0 unspecified atom stereocenters. The van der Waals surface area contributed by atoms with Gasteiger partial charge in [-0.3, -0.25) is 20.2 Å². The first-order valence-corrected chi connectivity index (χ1v) is 11.8. The molecule has 0 fully saturated rings. The maximum atomic E-state index is 12.3. The summed E-state index contributed by atoms with van der Waals surface area (Å²) in [6.45, 7) is 0.205. The van der Waals surface area contributed by atoms with Crippen molar-refractivity contribution in [2.75, 3.05) is 11.6 Å². The summed E-state index contributed by atoms with van der Waals surface area (Å²) in [5.41, 5.74) is 1.09. The second-order valence-corrected chi connectivity index (χ2v) is 9.22. The number of rotatable bonds is 8. The first kappa shape index (κ1) is 23.5. The standard InChI is InChI=1S/C20H15N5O6S2/c1-33(29,30)20-23-19(32-24-20)22-18(26)15(11-21)10-13-4-8-17(9-5-13)31-12-14-2-6-16(7-3-14)25(27)28/h2-10H,12H2,1H3,(H,22,23,24,26). The third-order valence-corrected chi connectivity index (χ3v) is 5.66. The van der Waals surface area contributed by atoms with Crippen molar-refractivity contribution >= 4 is 44.2 Å². The van der Waals surface area contributed by atoms with Gasteiger partial charge in [-0.1, -0.05) is 12.1 Å². The molecule has 0 aliphatic heterocycles. The topological polar surface area (TPSA) is 165 Å². The number of benzene rings is 2. The van der Waals surface area contributed by atoms with Gasteiger partial charge in [-0.05, 0) is 41.5 Å². The minimum absolute atomic E-state index is 0.00539. The van der Waals surface area contributed by atoms with Crippen LogP contribution in [0.2, 0.25) is 0 Å². The summed E-state index contributed by atoms with van der Waals surface area (Å²) in [5.74, 6) is -0.233. The van der Waals surface area contributed by atoms with Crippen molar-refractivity contribution in [3.63, 3.8) is 0 Å². The van der Waals surface area contributed by atoms with E-state index in [1.807, 2.05) is 0 Å². The number of nitro benzene ring substituents is 1. The second-order valence-electron chi connectivity index (χ2n) is 6.56. The lowest BCUT2D eigenvalue weighted by molar-refractivity contribution is -0.384. The molecule has 1 N–H and O–H groups in total. The molecule has 1 heterocycles. The van der Waals surface area contributed by atoms with Gasteiger partial charge < -0.3 is 4.74 Å². The Kier molecular flexibility index (Phi) is 7.11. The summed E-state index contributed by atoms with van der Waals surface area (Å²) in [7, 11) is -3.61. The molecule has 11 nitrogen and oxygen atoms in total. The zero-order valence-corrected chi connectivity index (χ0v) is 18.6. The number of nitrogens with zero attached hydrogens (tertiary/aromatic N) is 4. The van der Waals surface area contributed by atoms with Gasteiger partial charge in [-0.15, -0.1) is 0 Å². The Balaban J connectivity index is 1.63. The van der Waals surface area contributed by atoms with Crippen molar-refractivity contribution in [1.29, 1.82) is 5.26 Å². The summed E-state index contributed by atoms with van der Waals surface area (Å²) in [6.07, 6.45) is 2.30. The highest BCUT2D eigenvalue weighted by atomic mass is 32.2. The van der Waals surface area contributed by atoms with Gasteiger partial charge in [0.25, 0.3) is 16.8 Å². The molecular formula is C20H15N5O6S2. The molecule has 0 atom stereocenters. The van der Waals surface area contributed by atoms with Crippen LogP contribution in [-0.2, 0) is 21.2 Å². The van der Waals surface area contributed by atoms with Crippen LogP contribution in [0.3, 0.4) is 0 Å².